The first-order valence-electron chi connectivity index (χ1n) is 10.8. The monoisotopic (exact) mass is 409 g/mol. The molecule has 2 aromatic heterocycles. The van der Waals surface area contributed by atoms with Gasteiger partial charge in [-0.2, -0.15) is 5.10 Å². The number of hydrogen-bond acceptors (Lipinski definition) is 4. The van der Waals surface area contributed by atoms with Gasteiger partial charge in [-0.3, -0.25) is 4.68 Å². The van der Waals surface area contributed by atoms with Crippen molar-refractivity contribution in [2.45, 2.75) is 38.5 Å². The quantitative estimate of drug-likeness (QED) is 0.581. The molecule has 1 saturated heterocycles. The van der Waals surface area contributed by atoms with Gasteiger partial charge in [0.05, 0.1) is 22.9 Å². The summed E-state index contributed by atoms with van der Waals surface area (Å²) in [6.45, 7) is 2.14. The minimum atomic E-state index is 0.602. The van der Waals surface area contributed by atoms with Gasteiger partial charge in [-0.25, -0.2) is 9.97 Å². The topological polar surface area (TPSA) is 46.8 Å². The maximum atomic E-state index is 5.90. The van der Waals surface area contributed by atoms with Gasteiger partial charge in [0.2, 0.25) is 5.95 Å². The van der Waals surface area contributed by atoms with Crippen molar-refractivity contribution in [3.8, 4) is 0 Å². The third kappa shape index (κ3) is 4.25. The SMILES string of the molecule is Cn1cc2cc(CCCC3C[C@@H]3C3CCN(c4ncc(Cl)cn4)CC3)ccc2n1. The van der Waals surface area contributed by atoms with Gasteiger partial charge in [0, 0.05) is 31.7 Å². The first kappa shape index (κ1) is 18.9. The second kappa shape index (κ2) is 7.94. The first-order valence-corrected chi connectivity index (χ1v) is 11.2. The Morgan fingerprint density at radius 1 is 1.14 bits per heavy atom. The lowest BCUT2D eigenvalue weighted by Gasteiger charge is -2.32. The highest BCUT2D eigenvalue weighted by Gasteiger charge is 2.42. The number of piperidine rings is 1. The van der Waals surface area contributed by atoms with E-state index in [9.17, 15) is 0 Å². The lowest BCUT2D eigenvalue weighted by molar-refractivity contribution is 0.341. The zero-order valence-electron chi connectivity index (χ0n) is 17.0. The largest absolute Gasteiger partial charge is 0.341 e. The molecule has 1 unspecified atom stereocenters. The van der Waals surface area contributed by atoms with Crippen molar-refractivity contribution < 1.29 is 0 Å². The molecule has 1 aliphatic carbocycles. The average molecular weight is 410 g/mol. The molecular formula is C23H28ClN5. The summed E-state index contributed by atoms with van der Waals surface area (Å²) in [4.78, 5) is 11.0. The van der Waals surface area contributed by atoms with E-state index in [1.807, 2.05) is 11.7 Å². The molecule has 0 bridgehead atoms. The first-order chi connectivity index (χ1) is 14.2. The highest BCUT2D eigenvalue weighted by Crippen LogP contribution is 2.50. The van der Waals surface area contributed by atoms with Crippen molar-refractivity contribution >= 4 is 28.5 Å². The van der Waals surface area contributed by atoms with Gasteiger partial charge in [0.15, 0.2) is 0 Å². The van der Waals surface area contributed by atoms with Crippen LogP contribution in [0.25, 0.3) is 10.9 Å². The fourth-order valence-corrected chi connectivity index (χ4v) is 5.20. The molecule has 1 saturated carbocycles. The summed E-state index contributed by atoms with van der Waals surface area (Å²) in [5.41, 5.74) is 2.54. The zero-order valence-corrected chi connectivity index (χ0v) is 17.7. The van der Waals surface area contributed by atoms with Crippen molar-refractivity contribution in [3.05, 3.63) is 47.4 Å². The fraction of sp³-hybridized carbons (Fsp3) is 0.522. The molecule has 0 radical (unpaired) electrons. The Balaban J connectivity index is 1.06. The molecule has 2 aliphatic rings. The van der Waals surface area contributed by atoms with E-state index in [2.05, 4.69) is 44.4 Å². The molecule has 5 rings (SSSR count). The van der Waals surface area contributed by atoms with Gasteiger partial charge in [-0.15, -0.1) is 0 Å². The van der Waals surface area contributed by atoms with Gasteiger partial charge in [0.1, 0.15) is 0 Å². The number of fused-ring (bicyclic) bond motifs is 1. The van der Waals surface area contributed by atoms with Crippen molar-refractivity contribution in [3.63, 3.8) is 0 Å². The number of nitrogens with zero attached hydrogens (tertiary/aromatic N) is 5. The van der Waals surface area contributed by atoms with Crippen LogP contribution in [0, 0.1) is 17.8 Å². The summed E-state index contributed by atoms with van der Waals surface area (Å²) in [7, 11) is 1.99. The molecule has 2 fully saturated rings. The second-order valence-electron chi connectivity index (χ2n) is 8.77. The van der Waals surface area contributed by atoms with E-state index < -0.39 is 0 Å². The van der Waals surface area contributed by atoms with Crippen LogP contribution in [0.15, 0.2) is 36.8 Å². The minimum absolute atomic E-state index is 0.602. The normalized spacial score (nSPS) is 22.3. The van der Waals surface area contributed by atoms with Crippen LogP contribution in [0.1, 0.15) is 37.7 Å². The molecule has 1 aliphatic heterocycles. The number of hydrogen-bond donors (Lipinski definition) is 0. The molecule has 152 valence electrons. The van der Waals surface area contributed by atoms with Gasteiger partial charge >= 0.3 is 0 Å². The number of aromatic nitrogens is 4. The number of anilines is 1. The Morgan fingerprint density at radius 3 is 2.72 bits per heavy atom. The average Bonchev–Trinajstić information content (AvgIpc) is 3.40. The summed E-state index contributed by atoms with van der Waals surface area (Å²) in [5.74, 6) is 3.60. The summed E-state index contributed by atoms with van der Waals surface area (Å²) in [6, 6.07) is 6.71. The van der Waals surface area contributed by atoms with E-state index in [4.69, 9.17) is 11.6 Å². The van der Waals surface area contributed by atoms with Crippen molar-refractivity contribution in [1.82, 2.24) is 19.7 Å². The van der Waals surface area contributed by atoms with E-state index >= 15 is 0 Å². The highest BCUT2D eigenvalue weighted by molar-refractivity contribution is 6.30. The summed E-state index contributed by atoms with van der Waals surface area (Å²) in [5, 5.41) is 6.32. The third-order valence-electron chi connectivity index (χ3n) is 6.74. The van der Waals surface area contributed by atoms with Crippen molar-refractivity contribution in [1.29, 1.82) is 0 Å². The number of benzene rings is 1. The molecule has 3 aromatic rings. The number of halogens is 1. The van der Waals surface area contributed by atoms with Crippen LogP contribution in [-0.4, -0.2) is 32.8 Å². The Kier molecular flexibility index (Phi) is 5.17. The maximum absolute atomic E-state index is 5.90. The molecule has 6 heteroatoms. The summed E-state index contributed by atoms with van der Waals surface area (Å²) in [6.07, 6.45) is 13.3. The smallest absolute Gasteiger partial charge is 0.225 e. The van der Waals surface area contributed by atoms with E-state index in [1.165, 1.54) is 49.5 Å². The Labute approximate surface area is 177 Å². The second-order valence-corrected chi connectivity index (χ2v) is 9.21. The molecule has 2 atom stereocenters. The Morgan fingerprint density at radius 2 is 1.93 bits per heavy atom. The molecule has 0 spiro atoms. The van der Waals surface area contributed by atoms with Crippen LogP contribution in [0.5, 0.6) is 0 Å². The molecule has 29 heavy (non-hydrogen) atoms. The lowest BCUT2D eigenvalue weighted by atomic mass is 9.90. The van der Waals surface area contributed by atoms with E-state index in [0.29, 0.717) is 5.02 Å². The van der Waals surface area contributed by atoms with Gasteiger partial charge in [-0.1, -0.05) is 17.7 Å². The van der Waals surface area contributed by atoms with Gasteiger partial charge < -0.3 is 4.90 Å². The molecule has 0 N–H and O–H groups in total. The summed E-state index contributed by atoms with van der Waals surface area (Å²) >= 11 is 5.90. The van der Waals surface area contributed by atoms with E-state index in [-0.39, 0.29) is 0 Å². The highest BCUT2D eigenvalue weighted by atomic mass is 35.5. The zero-order chi connectivity index (χ0) is 19.8. The molecule has 5 nitrogen and oxygen atoms in total. The van der Waals surface area contributed by atoms with Gasteiger partial charge in [-0.05, 0) is 74.0 Å². The fourth-order valence-electron chi connectivity index (χ4n) is 5.10. The minimum Gasteiger partial charge on any atom is -0.341 e. The number of aryl methyl sites for hydroxylation is 2. The molecule has 3 heterocycles. The molecular weight excluding hydrogens is 382 g/mol. The third-order valence-corrected chi connectivity index (χ3v) is 6.93. The summed E-state index contributed by atoms with van der Waals surface area (Å²) < 4.78 is 1.90. The number of rotatable bonds is 6. The van der Waals surface area contributed by atoms with E-state index in [0.717, 1.165) is 42.3 Å². The van der Waals surface area contributed by atoms with Crippen molar-refractivity contribution in [2.24, 2.45) is 24.8 Å². The van der Waals surface area contributed by atoms with Crippen LogP contribution < -0.4 is 4.90 Å². The predicted octanol–water partition coefficient (Wildman–Crippen LogP) is 4.89. The van der Waals surface area contributed by atoms with Crippen molar-refractivity contribution in [2.75, 3.05) is 18.0 Å². The Hall–Kier alpha value is -2.14. The van der Waals surface area contributed by atoms with Crippen LogP contribution in [0.3, 0.4) is 0 Å². The lowest BCUT2D eigenvalue weighted by Crippen LogP contribution is -2.35. The molecule has 0 amide bonds. The standard InChI is InChI=1S/C23H28ClN5/c1-28-15-19-11-16(5-6-22(19)27-28)3-2-4-18-12-21(18)17-7-9-29(10-8-17)23-25-13-20(24)14-26-23/h5-6,11,13-15,17-18,21H,2-4,7-10,12H2,1H3/t18?,21-/m1/s1. The van der Waals surface area contributed by atoms with Crippen LogP contribution >= 0.6 is 11.6 Å². The van der Waals surface area contributed by atoms with E-state index in [1.54, 1.807) is 12.4 Å². The van der Waals surface area contributed by atoms with Gasteiger partial charge in [0.25, 0.3) is 0 Å². The predicted molar refractivity (Wildman–Crippen MR) is 117 cm³/mol. The molecule has 1 aromatic carbocycles. The van der Waals surface area contributed by atoms with Crippen LogP contribution in [-0.2, 0) is 13.5 Å². The Bertz CT molecular complexity index is 975. The maximum Gasteiger partial charge on any atom is 0.225 e. The van der Waals surface area contributed by atoms with Crippen LogP contribution in [0.2, 0.25) is 5.02 Å². The van der Waals surface area contributed by atoms with Crippen LogP contribution in [0.4, 0.5) is 5.95 Å².